The van der Waals surface area contributed by atoms with E-state index in [0.717, 1.165) is 0 Å². The van der Waals surface area contributed by atoms with E-state index >= 15 is 0 Å². The summed E-state index contributed by atoms with van der Waals surface area (Å²) in [6, 6.07) is 3.43. The molecule has 0 bridgehead atoms. The van der Waals surface area contributed by atoms with Crippen LogP contribution in [0.5, 0.6) is 11.5 Å². The molecule has 0 unspecified atom stereocenters. The van der Waals surface area contributed by atoms with Gasteiger partial charge < -0.3 is 19.7 Å². The minimum atomic E-state index is -0.105. The minimum absolute atomic E-state index is 0.00767. The minimum Gasteiger partial charge on any atom is -0.493 e. The van der Waals surface area contributed by atoms with E-state index in [2.05, 4.69) is 10.2 Å². The second-order valence-electron chi connectivity index (χ2n) is 7.98. The van der Waals surface area contributed by atoms with E-state index in [-0.39, 0.29) is 17.9 Å². The molecule has 1 heterocycles. The van der Waals surface area contributed by atoms with Crippen LogP contribution >= 0.6 is 11.6 Å². The number of carbonyl (C=O) groups is 2. The molecule has 1 saturated heterocycles. The van der Waals surface area contributed by atoms with Gasteiger partial charge in [-0.25, -0.2) is 0 Å². The van der Waals surface area contributed by atoms with Gasteiger partial charge in [-0.2, -0.15) is 0 Å². The smallest absolute Gasteiger partial charge is 0.254 e. The number of halogens is 1. The molecule has 8 heteroatoms. The second kappa shape index (κ2) is 10.7. The maximum absolute atomic E-state index is 12.9. The number of amides is 2. The van der Waals surface area contributed by atoms with E-state index in [1.165, 1.54) is 7.11 Å². The molecular weight excluding hydrogens is 394 g/mol. The van der Waals surface area contributed by atoms with Crippen LogP contribution in [0.1, 0.15) is 38.1 Å². The van der Waals surface area contributed by atoms with Crippen molar-refractivity contribution in [2.24, 2.45) is 5.92 Å². The molecule has 1 aromatic rings. The van der Waals surface area contributed by atoms with Crippen molar-refractivity contribution in [3.8, 4) is 11.5 Å². The lowest BCUT2D eigenvalue weighted by Gasteiger charge is -2.34. The largest absolute Gasteiger partial charge is 0.493 e. The molecule has 1 aliphatic rings. The van der Waals surface area contributed by atoms with Crippen LogP contribution in [-0.2, 0) is 4.79 Å². The Kier molecular flexibility index (Phi) is 8.59. The molecule has 1 aliphatic heterocycles. The van der Waals surface area contributed by atoms with E-state index in [1.807, 2.05) is 27.7 Å². The maximum Gasteiger partial charge on any atom is 0.254 e. The summed E-state index contributed by atoms with van der Waals surface area (Å²) in [6.07, 6.45) is 0. The Labute approximate surface area is 178 Å². The van der Waals surface area contributed by atoms with Gasteiger partial charge in [0.15, 0.2) is 11.5 Å². The zero-order valence-electron chi connectivity index (χ0n) is 18.0. The number of hydrogen-bond donors (Lipinski definition) is 1. The molecule has 0 saturated carbocycles. The van der Waals surface area contributed by atoms with Crippen LogP contribution in [0.4, 0.5) is 0 Å². The van der Waals surface area contributed by atoms with Crippen LogP contribution in [0.2, 0.25) is 5.02 Å². The molecule has 1 N–H and O–H groups in total. The first-order valence-corrected chi connectivity index (χ1v) is 10.4. The molecule has 7 nitrogen and oxygen atoms in total. The summed E-state index contributed by atoms with van der Waals surface area (Å²) >= 11 is 6.37. The number of nitrogens with zero attached hydrogens (tertiary/aromatic N) is 2. The third-order valence-electron chi connectivity index (χ3n) is 4.51. The van der Waals surface area contributed by atoms with Crippen LogP contribution in [0.15, 0.2) is 12.1 Å². The summed E-state index contributed by atoms with van der Waals surface area (Å²) in [5.41, 5.74) is 0.467. The van der Waals surface area contributed by atoms with Crippen molar-refractivity contribution < 1.29 is 19.1 Å². The number of methoxy groups -OCH3 is 1. The van der Waals surface area contributed by atoms with E-state index in [1.54, 1.807) is 17.0 Å². The third kappa shape index (κ3) is 6.78. The first kappa shape index (κ1) is 23.3. The average Bonchev–Trinajstić information content (AvgIpc) is 2.65. The molecule has 0 spiro atoms. The lowest BCUT2D eigenvalue weighted by atomic mass is 10.1. The lowest BCUT2D eigenvalue weighted by Crippen LogP contribution is -2.51. The Morgan fingerprint density at radius 3 is 2.34 bits per heavy atom. The molecule has 29 heavy (non-hydrogen) atoms. The van der Waals surface area contributed by atoms with Gasteiger partial charge in [0.1, 0.15) is 0 Å². The SMILES string of the molecule is COc1cc(C(=O)N2CCN(CC(=O)NC(C)C)CC2)cc(Cl)c1OCC(C)C. The van der Waals surface area contributed by atoms with Gasteiger partial charge in [0.25, 0.3) is 5.91 Å². The molecule has 0 atom stereocenters. The number of rotatable bonds is 8. The Hall–Kier alpha value is -1.99. The van der Waals surface area contributed by atoms with Gasteiger partial charge in [0, 0.05) is 37.8 Å². The number of nitrogens with one attached hydrogen (secondary N) is 1. The standard InChI is InChI=1S/C21H32ClN3O4/c1-14(2)13-29-20-17(22)10-16(11-18(20)28-5)21(27)25-8-6-24(7-9-25)12-19(26)23-15(3)4/h10-11,14-15H,6-9,12-13H2,1-5H3,(H,23,26). The van der Waals surface area contributed by atoms with E-state index < -0.39 is 0 Å². The zero-order chi connectivity index (χ0) is 21.6. The Morgan fingerprint density at radius 2 is 1.79 bits per heavy atom. The quantitative estimate of drug-likeness (QED) is 0.693. The summed E-state index contributed by atoms with van der Waals surface area (Å²) in [5.74, 6) is 1.15. The molecule has 1 aromatic carbocycles. The highest BCUT2D eigenvalue weighted by Crippen LogP contribution is 2.37. The highest BCUT2D eigenvalue weighted by molar-refractivity contribution is 6.32. The van der Waals surface area contributed by atoms with E-state index in [9.17, 15) is 9.59 Å². The van der Waals surface area contributed by atoms with Crippen molar-refractivity contribution in [2.45, 2.75) is 33.7 Å². The van der Waals surface area contributed by atoms with Crippen molar-refractivity contribution in [2.75, 3.05) is 46.4 Å². The van der Waals surface area contributed by atoms with Gasteiger partial charge >= 0.3 is 0 Å². The lowest BCUT2D eigenvalue weighted by molar-refractivity contribution is -0.123. The van der Waals surface area contributed by atoms with Crippen molar-refractivity contribution in [1.82, 2.24) is 15.1 Å². The molecule has 2 rings (SSSR count). The normalized spacial score (nSPS) is 15.0. The summed E-state index contributed by atoms with van der Waals surface area (Å²) in [5, 5.41) is 3.25. The highest BCUT2D eigenvalue weighted by atomic mass is 35.5. The first-order valence-electron chi connectivity index (χ1n) is 10.0. The Morgan fingerprint density at radius 1 is 1.14 bits per heavy atom. The molecule has 162 valence electrons. The predicted octanol–water partition coefficient (Wildman–Crippen LogP) is 2.67. The number of ether oxygens (including phenoxy) is 2. The van der Waals surface area contributed by atoms with E-state index in [4.69, 9.17) is 21.1 Å². The molecule has 0 radical (unpaired) electrons. The van der Waals surface area contributed by atoms with Crippen LogP contribution in [0, 0.1) is 5.92 Å². The van der Waals surface area contributed by atoms with Crippen LogP contribution in [0.25, 0.3) is 0 Å². The van der Waals surface area contributed by atoms with Crippen molar-refractivity contribution in [3.05, 3.63) is 22.7 Å². The summed E-state index contributed by atoms with van der Waals surface area (Å²) in [7, 11) is 1.53. The van der Waals surface area contributed by atoms with Crippen LogP contribution < -0.4 is 14.8 Å². The zero-order valence-corrected chi connectivity index (χ0v) is 18.7. The van der Waals surface area contributed by atoms with Gasteiger partial charge in [-0.05, 0) is 31.9 Å². The molecule has 0 aromatic heterocycles. The number of benzene rings is 1. The van der Waals surface area contributed by atoms with E-state index in [0.29, 0.717) is 67.3 Å². The summed E-state index contributed by atoms with van der Waals surface area (Å²) < 4.78 is 11.1. The monoisotopic (exact) mass is 425 g/mol. The van der Waals surface area contributed by atoms with Gasteiger partial charge in [-0.1, -0.05) is 25.4 Å². The van der Waals surface area contributed by atoms with Gasteiger partial charge in [0.05, 0.1) is 25.3 Å². The average molecular weight is 426 g/mol. The summed E-state index contributed by atoms with van der Waals surface area (Å²) in [6.45, 7) is 11.2. The van der Waals surface area contributed by atoms with Crippen LogP contribution in [-0.4, -0.2) is 74.1 Å². The molecule has 2 amide bonds. The number of hydrogen-bond acceptors (Lipinski definition) is 5. The van der Waals surface area contributed by atoms with Crippen molar-refractivity contribution in [3.63, 3.8) is 0 Å². The fourth-order valence-electron chi connectivity index (χ4n) is 3.10. The Bertz CT molecular complexity index is 716. The topological polar surface area (TPSA) is 71.1 Å². The molecular formula is C21H32ClN3O4. The first-order chi connectivity index (χ1) is 13.7. The van der Waals surface area contributed by atoms with Crippen molar-refractivity contribution in [1.29, 1.82) is 0 Å². The van der Waals surface area contributed by atoms with Gasteiger partial charge in [0.2, 0.25) is 5.91 Å². The Balaban J connectivity index is 2.00. The summed E-state index contributed by atoms with van der Waals surface area (Å²) in [4.78, 5) is 28.7. The van der Waals surface area contributed by atoms with Crippen LogP contribution in [0.3, 0.4) is 0 Å². The van der Waals surface area contributed by atoms with Gasteiger partial charge in [-0.15, -0.1) is 0 Å². The fourth-order valence-corrected chi connectivity index (χ4v) is 3.36. The number of piperazine rings is 1. The molecule has 1 fully saturated rings. The highest BCUT2D eigenvalue weighted by Gasteiger charge is 2.25. The second-order valence-corrected chi connectivity index (χ2v) is 8.39. The molecule has 0 aliphatic carbocycles. The van der Waals surface area contributed by atoms with Gasteiger partial charge in [-0.3, -0.25) is 14.5 Å². The third-order valence-corrected chi connectivity index (χ3v) is 4.79. The predicted molar refractivity (Wildman–Crippen MR) is 114 cm³/mol. The fraction of sp³-hybridized carbons (Fsp3) is 0.619. The number of carbonyl (C=O) groups excluding carboxylic acids is 2. The van der Waals surface area contributed by atoms with Crippen molar-refractivity contribution >= 4 is 23.4 Å². The maximum atomic E-state index is 12.9.